The molecule has 0 amide bonds. The van der Waals surface area contributed by atoms with Crippen molar-refractivity contribution in [3.63, 3.8) is 0 Å². The van der Waals surface area contributed by atoms with Gasteiger partial charge in [0.1, 0.15) is 0 Å². The highest BCUT2D eigenvalue weighted by Crippen LogP contribution is 1.98. The van der Waals surface area contributed by atoms with Gasteiger partial charge >= 0.3 is 0 Å². The maximum atomic E-state index is 5.68. The highest BCUT2D eigenvalue weighted by molar-refractivity contribution is 4.65. The molecule has 2 unspecified atom stereocenters. The summed E-state index contributed by atoms with van der Waals surface area (Å²) in [5.41, 5.74) is 5.68. The summed E-state index contributed by atoms with van der Waals surface area (Å²) in [6.45, 7) is 6.82. The third-order valence-corrected chi connectivity index (χ3v) is 1.50. The van der Waals surface area contributed by atoms with Crippen LogP contribution in [0.2, 0.25) is 0 Å². The van der Waals surface area contributed by atoms with E-state index in [0.717, 1.165) is 13.0 Å². The predicted octanol–water partition coefficient (Wildman–Crippen LogP) is 1.15. The van der Waals surface area contributed by atoms with Crippen molar-refractivity contribution in [1.29, 1.82) is 0 Å². The SMILES string of the molecule is CCOC(C)C(N)CC. The van der Waals surface area contributed by atoms with E-state index >= 15 is 0 Å². The Bertz CT molecular complexity index is 65.9. The van der Waals surface area contributed by atoms with Crippen molar-refractivity contribution in [2.75, 3.05) is 6.61 Å². The molecule has 0 aliphatic rings. The number of nitrogens with two attached hydrogens (primary N) is 1. The standard InChI is InChI=1S/C7H17NO/c1-4-7(8)6(3)9-5-2/h6-7H,4-5,8H2,1-3H3. The molecular weight excluding hydrogens is 114 g/mol. The molecule has 0 aliphatic heterocycles. The number of hydrogen-bond acceptors (Lipinski definition) is 2. The molecule has 0 spiro atoms. The molecule has 0 aliphatic carbocycles. The van der Waals surface area contributed by atoms with Crippen LogP contribution in [0.5, 0.6) is 0 Å². The van der Waals surface area contributed by atoms with E-state index in [1.54, 1.807) is 0 Å². The summed E-state index contributed by atoms with van der Waals surface area (Å²) < 4.78 is 5.27. The Morgan fingerprint density at radius 1 is 1.44 bits per heavy atom. The summed E-state index contributed by atoms with van der Waals surface area (Å²) >= 11 is 0. The molecule has 9 heavy (non-hydrogen) atoms. The Labute approximate surface area is 57.4 Å². The van der Waals surface area contributed by atoms with Gasteiger partial charge in [-0.05, 0) is 20.3 Å². The maximum Gasteiger partial charge on any atom is 0.0697 e. The Kier molecular flexibility index (Phi) is 4.72. The van der Waals surface area contributed by atoms with Crippen LogP contribution in [0.1, 0.15) is 27.2 Å². The number of rotatable bonds is 4. The first-order valence-corrected chi connectivity index (χ1v) is 3.59. The van der Waals surface area contributed by atoms with Crippen molar-refractivity contribution in [2.24, 2.45) is 5.73 Å². The monoisotopic (exact) mass is 131 g/mol. The zero-order chi connectivity index (χ0) is 7.28. The molecule has 2 heteroatoms. The van der Waals surface area contributed by atoms with Gasteiger partial charge in [-0.2, -0.15) is 0 Å². The summed E-state index contributed by atoms with van der Waals surface area (Å²) in [5, 5.41) is 0. The van der Waals surface area contributed by atoms with E-state index < -0.39 is 0 Å². The van der Waals surface area contributed by atoms with Crippen molar-refractivity contribution >= 4 is 0 Å². The Morgan fingerprint density at radius 3 is 2.33 bits per heavy atom. The molecule has 0 radical (unpaired) electrons. The van der Waals surface area contributed by atoms with E-state index in [1.807, 2.05) is 13.8 Å². The van der Waals surface area contributed by atoms with E-state index in [2.05, 4.69) is 6.92 Å². The molecule has 0 saturated carbocycles. The maximum absolute atomic E-state index is 5.68. The van der Waals surface area contributed by atoms with Crippen molar-refractivity contribution < 1.29 is 4.74 Å². The van der Waals surface area contributed by atoms with Gasteiger partial charge in [0, 0.05) is 12.6 Å². The summed E-state index contributed by atoms with van der Waals surface area (Å²) in [4.78, 5) is 0. The van der Waals surface area contributed by atoms with Crippen LogP contribution in [0.3, 0.4) is 0 Å². The first-order chi connectivity index (χ1) is 4.22. The van der Waals surface area contributed by atoms with Crippen molar-refractivity contribution in [2.45, 2.75) is 39.3 Å². The molecule has 2 nitrogen and oxygen atoms in total. The van der Waals surface area contributed by atoms with E-state index in [9.17, 15) is 0 Å². The second-order valence-corrected chi connectivity index (χ2v) is 2.23. The second kappa shape index (κ2) is 4.77. The number of ether oxygens (including phenoxy) is 1. The predicted molar refractivity (Wildman–Crippen MR) is 39.4 cm³/mol. The van der Waals surface area contributed by atoms with E-state index in [-0.39, 0.29) is 12.1 Å². The molecular formula is C7H17NO. The van der Waals surface area contributed by atoms with Gasteiger partial charge in [0.25, 0.3) is 0 Å². The van der Waals surface area contributed by atoms with Crippen LogP contribution in [0.15, 0.2) is 0 Å². The van der Waals surface area contributed by atoms with Crippen LogP contribution in [0, 0.1) is 0 Å². The molecule has 0 aromatic heterocycles. The van der Waals surface area contributed by atoms with Gasteiger partial charge in [-0.3, -0.25) is 0 Å². The molecule has 2 N–H and O–H groups in total. The van der Waals surface area contributed by atoms with Crippen LogP contribution in [-0.2, 0) is 4.74 Å². The fourth-order valence-electron chi connectivity index (χ4n) is 0.718. The highest BCUT2D eigenvalue weighted by atomic mass is 16.5. The zero-order valence-corrected chi connectivity index (χ0v) is 6.55. The minimum atomic E-state index is 0.199. The van der Waals surface area contributed by atoms with Gasteiger partial charge < -0.3 is 10.5 Å². The van der Waals surface area contributed by atoms with Gasteiger partial charge in [0.15, 0.2) is 0 Å². The summed E-state index contributed by atoms with van der Waals surface area (Å²) in [7, 11) is 0. The molecule has 0 aromatic carbocycles. The third kappa shape index (κ3) is 3.49. The lowest BCUT2D eigenvalue weighted by Gasteiger charge is -2.17. The fourth-order valence-corrected chi connectivity index (χ4v) is 0.718. The average Bonchev–Trinajstić information content (AvgIpc) is 1.87. The van der Waals surface area contributed by atoms with Crippen LogP contribution in [0.4, 0.5) is 0 Å². The molecule has 2 atom stereocenters. The number of hydrogen-bond donors (Lipinski definition) is 1. The van der Waals surface area contributed by atoms with Gasteiger partial charge in [0.2, 0.25) is 0 Å². The van der Waals surface area contributed by atoms with Crippen LogP contribution < -0.4 is 5.73 Å². The van der Waals surface area contributed by atoms with Crippen LogP contribution in [0.25, 0.3) is 0 Å². The smallest absolute Gasteiger partial charge is 0.0697 e. The molecule has 0 heterocycles. The van der Waals surface area contributed by atoms with Crippen molar-refractivity contribution in [3.05, 3.63) is 0 Å². The molecule has 56 valence electrons. The quantitative estimate of drug-likeness (QED) is 0.621. The Balaban J connectivity index is 3.32. The third-order valence-electron chi connectivity index (χ3n) is 1.50. The van der Waals surface area contributed by atoms with Gasteiger partial charge in [0.05, 0.1) is 6.10 Å². The van der Waals surface area contributed by atoms with Crippen LogP contribution >= 0.6 is 0 Å². The Hall–Kier alpha value is -0.0800. The van der Waals surface area contributed by atoms with E-state index in [4.69, 9.17) is 10.5 Å². The first-order valence-electron chi connectivity index (χ1n) is 3.59. The molecule has 0 fully saturated rings. The first kappa shape index (κ1) is 8.92. The van der Waals surface area contributed by atoms with Gasteiger partial charge in [-0.1, -0.05) is 6.92 Å². The van der Waals surface area contributed by atoms with Gasteiger partial charge in [-0.15, -0.1) is 0 Å². The minimum Gasteiger partial charge on any atom is -0.377 e. The largest absolute Gasteiger partial charge is 0.377 e. The lowest BCUT2D eigenvalue weighted by atomic mass is 10.1. The summed E-state index contributed by atoms with van der Waals surface area (Å²) in [6, 6.07) is 0.199. The van der Waals surface area contributed by atoms with E-state index in [0.29, 0.717) is 0 Å². The minimum absolute atomic E-state index is 0.199. The molecule has 0 rings (SSSR count). The van der Waals surface area contributed by atoms with Crippen molar-refractivity contribution in [3.8, 4) is 0 Å². The van der Waals surface area contributed by atoms with E-state index in [1.165, 1.54) is 0 Å². The Morgan fingerprint density at radius 2 is 2.00 bits per heavy atom. The highest BCUT2D eigenvalue weighted by Gasteiger charge is 2.08. The molecule has 0 saturated heterocycles. The average molecular weight is 131 g/mol. The normalized spacial score (nSPS) is 17.3. The second-order valence-electron chi connectivity index (χ2n) is 2.23. The molecule has 0 bridgehead atoms. The lowest BCUT2D eigenvalue weighted by molar-refractivity contribution is 0.0568. The van der Waals surface area contributed by atoms with Crippen LogP contribution in [-0.4, -0.2) is 18.8 Å². The zero-order valence-electron chi connectivity index (χ0n) is 6.55. The topological polar surface area (TPSA) is 35.2 Å². The van der Waals surface area contributed by atoms with Gasteiger partial charge in [-0.25, -0.2) is 0 Å². The summed E-state index contributed by atoms with van der Waals surface area (Å²) in [6.07, 6.45) is 1.20. The van der Waals surface area contributed by atoms with Crippen molar-refractivity contribution in [1.82, 2.24) is 0 Å². The fraction of sp³-hybridized carbons (Fsp3) is 1.00. The molecule has 0 aromatic rings. The summed E-state index contributed by atoms with van der Waals surface area (Å²) in [5.74, 6) is 0. The lowest BCUT2D eigenvalue weighted by Crippen LogP contribution is -2.33.